The van der Waals surface area contributed by atoms with E-state index in [9.17, 15) is 14.7 Å². The van der Waals surface area contributed by atoms with Crippen LogP contribution in [0.1, 0.15) is 96.4 Å². The Morgan fingerprint density at radius 1 is 0.750 bits per heavy atom. The monoisotopic (exact) mass is 544 g/mol. The molecule has 0 amide bonds. The highest BCUT2D eigenvalue weighted by Gasteiger charge is 2.57. The number of rotatable bonds is 12. The van der Waals surface area contributed by atoms with Crippen LogP contribution in [0.2, 0.25) is 0 Å². The molecule has 0 aliphatic rings. The zero-order chi connectivity index (χ0) is 29.6. The summed E-state index contributed by atoms with van der Waals surface area (Å²) in [5.74, 6) is -0.735. The molecule has 5 nitrogen and oxygen atoms in total. The zero-order valence-corrected chi connectivity index (χ0v) is 24.9. The van der Waals surface area contributed by atoms with E-state index in [1.54, 1.807) is 12.1 Å². The fourth-order valence-electron chi connectivity index (χ4n) is 5.36. The van der Waals surface area contributed by atoms with Crippen LogP contribution in [0.3, 0.4) is 0 Å². The fraction of sp³-hybridized carbons (Fsp3) is 0.429. The van der Waals surface area contributed by atoms with Crippen molar-refractivity contribution in [3.05, 3.63) is 102 Å². The van der Waals surface area contributed by atoms with Gasteiger partial charge < -0.3 is 14.6 Å². The van der Waals surface area contributed by atoms with E-state index in [4.69, 9.17) is 9.47 Å². The Morgan fingerprint density at radius 3 is 1.82 bits per heavy atom. The van der Waals surface area contributed by atoms with Crippen LogP contribution in [-0.2, 0) is 24.7 Å². The quantitative estimate of drug-likeness (QED) is 0.232. The van der Waals surface area contributed by atoms with Gasteiger partial charge in [-0.2, -0.15) is 0 Å². The van der Waals surface area contributed by atoms with Crippen molar-refractivity contribution in [1.82, 2.24) is 0 Å². The van der Waals surface area contributed by atoms with Crippen molar-refractivity contribution in [1.29, 1.82) is 0 Å². The average Bonchev–Trinajstić information content (AvgIpc) is 2.96. The Hall–Kier alpha value is -3.60. The molecule has 0 fully saturated rings. The summed E-state index contributed by atoms with van der Waals surface area (Å²) in [6.45, 7) is 13.3. The maximum atomic E-state index is 14.4. The number of carbonyl (C=O) groups excluding carboxylic acids is 2. The lowest BCUT2D eigenvalue weighted by molar-refractivity contribution is -0.191. The van der Waals surface area contributed by atoms with Gasteiger partial charge in [0.1, 0.15) is 17.5 Å². The molecule has 0 aliphatic carbocycles. The van der Waals surface area contributed by atoms with Crippen molar-refractivity contribution in [2.75, 3.05) is 0 Å². The summed E-state index contributed by atoms with van der Waals surface area (Å²) in [5, 5.41) is 9.85. The molecule has 3 aromatic carbocycles. The lowest BCUT2D eigenvalue weighted by atomic mass is 9.59. The highest BCUT2D eigenvalue weighted by Crippen LogP contribution is 2.52. The van der Waals surface area contributed by atoms with Crippen molar-refractivity contribution >= 4 is 11.9 Å². The normalized spacial score (nSPS) is 16.2. The van der Waals surface area contributed by atoms with E-state index in [-0.39, 0.29) is 11.7 Å². The highest BCUT2D eigenvalue weighted by atomic mass is 16.6. The van der Waals surface area contributed by atoms with Crippen molar-refractivity contribution < 1.29 is 24.2 Å². The van der Waals surface area contributed by atoms with E-state index in [2.05, 4.69) is 6.92 Å². The molecule has 1 N–H and O–H groups in total. The molecule has 0 aromatic heterocycles. The van der Waals surface area contributed by atoms with Gasteiger partial charge in [-0.25, -0.2) is 0 Å². The standard InChI is InChI=1S/C35H44O5/c1-8-26(28-20-22-30(36)23-21-28)24-35(7,32(38)40-33(4,5)29-18-14-11-15-19-29)34(6,9-2)31(37)39-25(3)27-16-12-10-13-17-27/h10-23,25-26,36H,8-9,24H2,1-7H3. The number of phenolic OH excluding ortho intramolecular Hbond substituents is 1. The molecule has 0 spiro atoms. The highest BCUT2D eigenvalue weighted by molar-refractivity contribution is 5.88. The molecule has 0 saturated heterocycles. The van der Waals surface area contributed by atoms with Crippen LogP contribution in [0.5, 0.6) is 5.75 Å². The molecule has 3 rings (SSSR count). The lowest BCUT2D eigenvalue weighted by Crippen LogP contribution is -2.52. The first-order chi connectivity index (χ1) is 18.9. The number of carbonyl (C=O) groups is 2. The van der Waals surface area contributed by atoms with Gasteiger partial charge in [-0.05, 0) is 88.6 Å². The number of hydrogen-bond donors (Lipinski definition) is 1. The Balaban J connectivity index is 2.04. The number of aromatic hydroxyl groups is 1. The maximum absolute atomic E-state index is 14.4. The maximum Gasteiger partial charge on any atom is 0.313 e. The Kier molecular flexibility index (Phi) is 9.83. The first-order valence-electron chi connectivity index (χ1n) is 14.2. The summed E-state index contributed by atoms with van der Waals surface area (Å²) >= 11 is 0. The summed E-state index contributed by atoms with van der Waals surface area (Å²) < 4.78 is 12.4. The van der Waals surface area contributed by atoms with E-state index < -0.39 is 34.5 Å². The summed E-state index contributed by atoms with van der Waals surface area (Å²) in [6.07, 6.45) is 1.03. The van der Waals surface area contributed by atoms with Crippen molar-refractivity contribution in [2.45, 2.75) is 85.4 Å². The largest absolute Gasteiger partial charge is 0.508 e. The number of hydrogen-bond acceptors (Lipinski definition) is 5. The average molecular weight is 545 g/mol. The summed E-state index contributed by atoms with van der Waals surface area (Å²) in [5.41, 5.74) is -0.556. The molecule has 0 aliphatic heterocycles. The summed E-state index contributed by atoms with van der Waals surface area (Å²) in [4.78, 5) is 28.4. The van der Waals surface area contributed by atoms with E-state index in [1.807, 2.05) is 114 Å². The van der Waals surface area contributed by atoms with E-state index >= 15 is 0 Å². The van der Waals surface area contributed by atoms with Crippen molar-refractivity contribution in [3.8, 4) is 5.75 Å². The minimum atomic E-state index is -1.22. The second-order valence-electron chi connectivity index (χ2n) is 11.6. The van der Waals surface area contributed by atoms with Gasteiger partial charge in [-0.15, -0.1) is 0 Å². The van der Waals surface area contributed by atoms with Gasteiger partial charge in [0, 0.05) is 0 Å². The van der Waals surface area contributed by atoms with E-state index in [1.165, 1.54) is 0 Å². The molecule has 5 heteroatoms. The molecule has 0 heterocycles. The topological polar surface area (TPSA) is 72.8 Å². The lowest BCUT2D eigenvalue weighted by Gasteiger charge is -2.45. The molecular formula is C35H44O5. The van der Waals surface area contributed by atoms with Crippen LogP contribution in [0, 0.1) is 10.8 Å². The van der Waals surface area contributed by atoms with Gasteiger partial charge >= 0.3 is 11.9 Å². The van der Waals surface area contributed by atoms with Gasteiger partial charge in [0.05, 0.1) is 10.8 Å². The summed E-state index contributed by atoms with van der Waals surface area (Å²) in [7, 11) is 0. The Labute approximate surface area is 239 Å². The predicted octanol–water partition coefficient (Wildman–Crippen LogP) is 8.48. The molecule has 4 atom stereocenters. The molecule has 0 radical (unpaired) electrons. The molecule has 40 heavy (non-hydrogen) atoms. The number of ether oxygens (including phenoxy) is 2. The third kappa shape index (κ3) is 6.57. The number of phenols is 1. The fourth-order valence-corrected chi connectivity index (χ4v) is 5.36. The van der Waals surface area contributed by atoms with Gasteiger partial charge in [0.15, 0.2) is 0 Å². The van der Waals surface area contributed by atoms with Gasteiger partial charge in [0.2, 0.25) is 0 Å². The predicted molar refractivity (Wildman–Crippen MR) is 159 cm³/mol. The van der Waals surface area contributed by atoms with Crippen LogP contribution in [0.4, 0.5) is 0 Å². The molecule has 0 saturated carbocycles. The Morgan fingerprint density at radius 2 is 1.30 bits per heavy atom. The van der Waals surface area contributed by atoms with Crippen LogP contribution < -0.4 is 0 Å². The Bertz CT molecular complexity index is 1250. The summed E-state index contributed by atoms with van der Waals surface area (Å²) in [6, 6.07) is 26.3. The van der Waals surface area contributed by atoms with Gasteiger partial charge in [-0.1, -0.05) is 86.6 Å². The van der Waals surface area contributed by atoms with Crippen LogP contribution in [-0.4, -0.2) is 17.0 Å². The molecule has 214 valence electrons. The molecule has 4 unspecified atom stereocenters. The number of benzene rings is 3. The van der Waals surface area contributed by atoms with E-state index in [0.717, 1.165) is 23.1 Å². The minimum Gasteiger partial charge on any atom is -0.508 e. The van der Waals surface area contributed by atoms with Crippen molar-refractivity contribution in [2.24, 2.45) is 10.8 Å². The minimum absolute atomic E-state index is 0.0526. The third-order valence-corrected chi connectivity index (χ3v) is 8.71. The number of esters is 2. The second-order valence-corrected chi connectivity index (χ2v) is 11.6. The van der Waals surface area contributed by atoms with Crippen LogP contribution >= 0.6 is 0 Å². The van der Waals surface area contributed by atoms with Gasteiger partial charge in [-0.3, -0.25) is 9.59 Å². The second kappa shape index (κ2) is 12.7. The molecule has 3 aromatic rings. The van der Waals surface area contributed by atoms with E-state index in [0.29, 0.717) is 12.8 Å². The van der Waals surface area contributed by atoms with Crippen LogP contribution in [0.25, 0.3) is 0 Å². The first kappa shape index (κ1) is 30.9. The first-order valence-corrected chi connectivity index (χ1v) is 14.2. The smallest absolute Gasteiger partial charge is 0.313 e. The molecular weight excluding hydrogens is 500 g/mol. The molecule has 0 bridgehead atoms. The SMILES string of the molecule is CCC(CC(C)(C(=O)OC(C)(C)c1ccccc1)C(C)(CC)C(=O)OC(C)c1ccccc1)c1ccc(O)cc1. The van der Waals surface area contributed by atoms with Crippen molar-refractivity contribution in [3.63, 3.8) is 0 Å². The third-order valence-electron chi connectivity index (χ3n) is 8.71. The van der Waals surface area contributed by atoms with Crippen LogP contribution in [0.15, 0.2) is 84.9 Å². The van der Waals surface area contributed by atoms with Gasteiger partial charge in [0.25, 0.3) is 0 Å². The zero-order valence-electron chi connectivity index (χ0n) is 24.9.